The number of aryl methyl sites for hydroxylation is 2. The first-order valence-electron chi connectivity index (χ1n) is 12.0. The second-order valence-electron chi connectivity index (χ2n) is 9.60. The SMILES string of the molecule is CC1=C(C(=O)N[C@H](c2cccc(F)c2)C2CCC2=O)c2cccc(F)c2CN1Cc1cc(C)n(C)n1. The number of halogens is 2. The van der Waals surface area contributed by atoms with E-state index in [1.54, 1.807) is 28.9 Å². The van der Waals surface area contributed by atoms with Crippen LogP contribution in [-0.4, -0.2) is 26.4 Å². The summed E-state index contributed by atoms with van der Waals surface area (Å²) in [6.45, 7) is 4.50. The second kappa shape index (κ2) is 9.33. The number of benzene rings is 2. The first-order valence-corrected chi connectivity index (χ1v) is 12.0. The van der Waals surface area contributed by atoms with Gasteiger partial charge in [0.25, 0.3) is 5.91 Å². The number of fused-ring (bicyclic) bond motifs is 1. The fourth-order valence-corrected chi connectivity index (χ4v) is 5.10. The van der Waals surface area contributed by atoms with Gasteiger partial charge in [0.1, 0.15) is 17.4 Å². The molecular weight excluding hydrogens is 462 g/mol. The summed E-state index contributed by atoms with van der Waals surface area (Å²) in [6.07, 6.45) is 1.06. The van der Waals surface area contributed by atoms with Gasteiger partial charge < -0.3 is 10.2 Å². The summed E-state index contributed by atoms with van der Waals surface area (Å²) in [5.74, 6) is -1.62. The lowest BCUT2D eigenvalue weighted by Crippen LogP contribution is -2.42. The number of aromatic nitrogens is 2. The normalized spacial score (nSPS) is 18.1. The summed E-state index contributed by atoms with van der Waals surface area (Å²) in [6, 6.07) is 12.0. The van der Waals surface area contributed by atoms with Crippen LogP contribution in [0.2, 0.25) is 0 Å². The topological polar surface area (TPSA) is 67.2 Å². The largest absolute Gasteiger partial charge is 0.364 e. The van der Waals surface area contributed by atoms with Crippen molar-refractivity contribution in [1.82, 2.24) is 20.0 Å². The molecule has 2 aliphatic rings. The molecule has 0 bridgehead atoms. The number of hydrogen-bond acceptors (Lipinski definition) is 4. The van der Waals surface area contributed by atoms with Crippen LogP contribution in [0.3, 0.4) is 0 Å². The van der Waals surface area contributed by atoms with Gasteiger partial charge in [0, 0.05) is 42.9 Å². The number of nitrogens with one attached hydrogen (secondary N) is 1. The third-order valence-electron chi connectivity index (χ3n) is 7.33. The van der Waals surface area contributed by atoms with Gasteiger partial charge >= 0.3 is 0 Å². The third-order valence-corrected chi connectivity index (χ3v) is 7.33. The van der Waals surface area contributed by atoms with Crippen molar-refractivity contribution in [3.63, 3.8) is 0 Å². The van der Waals surface area contributed by atoms with Crippen LogP contribution in [0, 0.1) is 24.5 Å². The van der Waals surface area contributed by atoms with Crippen molar-refractivity contribution in [2.75, 3.05) is 0 Å². The lowest BCUT2D eigenvalue weighted by atomic mass is 9.75. The molecule has 1 amide bonds. The molecule has 2 atom stereocenters. The summed E-state index contributed by atoms with van der Waals surface area (Å²) in [5.41, 5.74) is 4.33. The van der Waals surface area contributed by atoms with Crippen molar-refractivity contribution in [1.29, 1.82) is 0 Å². The van der Waals surface area contributed by atoms with E-state index in [1.807, 2.05) is 31.9 Å². The van der Waals surface area contributed by atoms with Crippen molar-refractivity contribution in [3.05, 3.63) is 93.9 Å². The number of carbonyl (C=O) groups excluding carboxylic acids is 2. The Morgan fingerprint density at radius 1 is 1.17 bits per heavy atom. The highest BCUT2D eigenvalue weighted by molar-refractivity contribution is 6.21. The van der Waals surface area contributed by atoms with Gasteiger partial charge in [-0.1, -0.05) is 24.3 Å². The molecule has 2 aromatic carbocycles. The molecule has 186 valence electrons. The van der Waals surface area contributed by atoms with E-state index in [0.717, 1.165) is 11.4 Å². The summed E-state index contributed by atoms with van der Waals surface area (Å²) in [4.78, 5) is 28.1. The molecule has 5 rings (SSSR count). The number of Topliss-reactive ketones (excluding diaryl/α,β-unsaturated/α-hetero) is 1. The van der Waals surface area contributed by atoms with Gasteiger partial charge in [0.15, 0.2) is 0 Å². The lowest BCUT2D eigenvalue weighted by Gasteiger charge is -2.36. The van der Waals surface area contributed by atoms with Crippen LogP contribution in [0.1, 0.15) is 53.9 Å². The quantitative estimate of drug-likeness (QED) is 0.549. The highest BCUT2D eigenvalue weighted by Crippen LogP contribution is 2.38. The molecular formula is C28H28F2N4O2. The fraction of sp³-hybridized carbons (Fsp3) is 0.321. The number of rotatable bonds is 6. The van der Waals surface area contributed by atoms with Crippen LogP contribution in [0.15, 0.2) is 54.2 Å². The van der Waals surface area contributed by atoms with Gasteiger partial charge in [-0.05, 0) is 55.7 Å². The van der Waals surface area contributed by atoms with Crippen LogP contribution in [-0.2, 0) is 29.7 Å². The smallest absolute Gasteiger partial charge is 0.254 e. The molecule has 8 heteroatoms. The monoisotopic (exact) mass is 490 g/mol. The molecule has 0 spiro atoms. The Labute approximate surface area is 208 Å². The van der Waals surface area contributed by atoms with E-state index in [0.29, 0.717) is 53.9 Å². The standard InChI is InChI=1S/C28H28F2N4O2/c1-16-12-20(32-33(16)3)14-34-15-23-21(8-5-9-24(23)30)26(17(34)2)28(36)31-27(22-10-11-25(22)35)18-6-4-7-19(29)13-18/h4-9,12-13,22,27H,10-11,14-15H2,1-3H3,(H,31,36)/t22?,27-/m1/s1. The Kier molecular flexibility index (Phi) is 6.20. The lowest BCUT2D eigenvalue weighted by molar-refractivity contribution is -0.131. The fourth-order valence-electron chi connectivity index (χ4n) is 5.10. The van der Waals surface area contributed by atoms with Gasteiger partial charge in [0.2, 0.25) is 0 Å². The Balaban J connectivity index is 1.53. The van der Waals surface area contributed by atoms with E-state index in [-0.39, 0.29) is 11.6 Å². The molecule has 1 fully saturated rings. The predicted octanol–water partition coefficient (Wildman–Crippen LogP) is 4.59. The maximum Gasteiger partial charge on any atom is 0.254 e. The van der Waals surface area contributed by atoms with Crippen molar-refractivity contribution in [2.45, 2.75) is 45.8 Å². The molecule has 1 saturated carbocycles. The van der Waals surface area contributed by atoms with Crippen molar-refractivity contribution in [2.24, 2.45) is 13.0 Å². The average molecular weight is 491 g/mol. The third kappa shape index (κ3) is 4.32. The summed E-state index contributed by atoms with van der Waals surface area (Å²) in [7, 11) is 1.86. The van der Waals surface area contributed by atoms with E-state index >= 15 is 0 Å². The predicted molar refractivity (Wildman–Crippen MR) is 131 cm³/mol. The Morgan fingerprint density at radius 2 is 1.94 bits per heavy atom. The molecule has 1 aliphatic heterocycles. The highest BCUT2D eigenvalue weighted by atomic mass is 19.1. The minimum absolute atomic E-state index is 0.0394. The Hall–Kier alpha value is -3.81. The number of amides is 1. The number of nitrogens with zero attached hydrogens (tertiary/aromatic N) is 3. The Bertz CT molecular complexity index is 1370. The maximum absolute atomic E-state index is 14.9. The van der Waals surface area contributed by atoms with E-state index < -0.39 is 23.7 Å². The number of carbonyl (C=O) groups is 2. The van der Waals surface area contributed by atoms with Crippen LogP contribution >= 0.6 is 0 Å². The molecule has 36 heavy (non-hydrogen) atoms. The molecule has 6 nitrogen and oxygen atoms in total. The number of hydrogen-bond donors (Lipinski definition) is 1. The highest BCUT2D eigenvalue weighted by Gasteiger charge is 2.39. The molecule has 1 N–H and O–H groups in total. The van der Waals surface area contributed by atoms with Crippen LogP contribution in [0.4, 0.5) is 8.78 Å². The summed E-state index contributed by atoms with van der Waals surface area (Å²) >= 11 is 0. The first-order chi connectivity index (χ1) is 17.2. The molecule has 1 unspecified atom stereocenters. The van der Waals surface area contributed by atoms with Gasteiger partial charge in [-0.25, -0.2) is 8.78 Å². The van der Waals surface area contributed by atoms with Gasteiger partial charge in [-0.2, -0.15) is 5.10 Å². The van der Waals surface area contributed by atoms with E-state index in [4.69, 9.17) is 0 Å². The molecule has 1 aliphatic carbocycles. The zero-order valence-corrected chi connectivity index (χ0v) is 20.5. The van der Waals surface area contributed by atoms with Crippen LogP contribution in [0.25, 0.3) is 5.57 Å². The molecule has 0 radical (unpaired) electrons. The van der Waals surface area contributed by atoms with Crippen molar-refractivity contribution >= 4 is 17.3 Å². The summed E-state index contributed by atoms with van der Waals surface area (Å²) in [5, 5.41) is 7.52. The van der Waals surface area contributed by atoms with Crippen LogP contribution in [0.5, 0.6) is 0 Å². The van der Waals surface area contributed by atoms with Gasteiger partial charge in [-0.3, -0.25) is 14.3 Å². The second-order valence-corrected chi connectivity index (χ2v) is 9.60. The molecule has 2 heterocycles. The number of ketones is 1. The van der Waals surface area contributed by atoms with E-state index in [2.05, 4.69) is 10.4 Å². The maximum atomic E-state index is 14.9. The van der Waals surface area contributed by atoms with Gasteiger partial charge in [-0.15, -0.1) is 0 Å². The minimum Gasteiger partial charge on any atom is -0.364 e. The zero-order valence-electron chi connectivity index (χ0n) is 20.5. The summed E-state index contributed by atoms with van der Waals surface area (Å²) < 4.78 is 30.8. The molecule has 1 aromatic heterocycles. The van der Waals surface area contributed by atoms with Crippen molar-refractivity contribution < 1.29 is 18.4 Å². The van der Waals surface area contributed by atoms with E-state index in [1.165, 1.54) is 18.2 Å². The van der Waals surface area contributed by atoms with Gasteiger partial charge in [0.05, 0.1) is 23.9 Å². The molecule has 0 saturated heterocycles. The van der Waals surface area contributed by atoms with Crippen molar-refractivity contribution in [3.8, 4) is 0 Å². The van der Waals surface area contributed by atoms with Crippen LogP contribution < -0.4 is 5.32 Å². The minimum atomic E-state index is -0.666. The first kappa shape index (κ1) is 23.9. The van der Waals surface area contributed by atoms with E-state index in [9.17, 15) is 18.4 Å². The Morgan fingerprint density at radius 3 is 2.58 bits per heavy atom. The number of allylic oxidation sites excluding steroid dienone is 1. The average Bonchev–Trinajstić information content (AvgIpc) is 3.15. The molecule has 3 aromatic rings. The zero-order chi connectivity index (χ0) is 25.6.